The van der Waals surface area contributed by atoms with Gasteiger partial charge in [0.25, 0.3) is 0 Å². The van der Waals surface area contributed by atoms with E-state index < -0.39 is 0 Å². The number of aromatic nitrogens is 1. The second kappa shape index (κ2) is 6.97. The van der Waals surface area contributed by atoms with Crippen LogP contribution in [0.25, 0.3) is 10.9 Å². The molecule has 3 rings (SSSR count). The van der Waals surface area contributed by atoms with Crippen molar-refractivity contribution in [3.63, 3.8) is 0 Å². The standard InChI is InChI=1S/C18H25N3O/c19-15-7-3-5-13(11-15)18(22)20-10-4-6-14-12-21-17-9-2-1-8-16(14)17/h1-2,8-9,12-13,15,21H,3-7,10-11,19H2,(H,20,22). The van der Waals surface area contributed by atoms with Crippen LogP contribution in [0.1, 0.15) is 37.7 Å². The molecule has 0 bridgehead atoms. The van der Waals surface area contributed by atoms with Crippen LogP contribution in [-0.2, 0) is 11.2 Å². The summed E-state index contributed by atoms with van der Waals surface area (Å²) in [6.45, 7) is 0.740. The number of aryl methyl sites for hydroxylation is 1. The van der Waals surface area contributed by atoms with E-state index in [4.69, 9.17) is 5.73 Å². The predicted molar refractivity (Wildman–Crippen MR) is 89.6 cm³/mol. The third kappa shape index (κ3) is 3.50. The smallest absolute Gasteiger partial charge is 0.223 e. The molecule has 118 valence electrons. The molecule has 0 radical (unpaired) electrons. The largest absolute Gasteiger partial charge is 0.361 e. The van der Waals surface area contributed by atoms with Crippen LogP contribution in [0.5, 0.6) is 0 Å². The van der Waals surface area contributed by atoms with Crippen LogP contribution < -0.4 is 11.1 Å². The lowest BCUT2D eigenvalue weighted by Gasteiger charge is -2.25. The molecule has 4 nitrogen and oxygen atoms in total. The number of para-hydroxylation sites is 1. The first kappa shape index (κ1) is 15.1. The number of rotatable bonds is 5. The number of benzene rings is 1. The van der Waals surface area contributed by atoms with E-state index in [-0.39, 0.29) is 17.9 Å². The number of aromatic amines is 1. The lowest BCUT2D eigenvalue weighted by atomic mass is 9.85. The van der Waals surface area contributed by atoms with Crippen molar-refractivity contribution in [2.45, 2.75) is 44.6 Å². The van der Waals surface area contributed by atoms with Gasteiger partial charge < -0.3 is 16.0 Å². The number of fused-ring (bicyclic) bond motifs is 1. The summed E-state index contributed by atoms with van der Waals surface area (Å²) in [5.74, 6) is 0.311. The van der Waals surface area contributed by atoms with Gasteiger partial charge in [-0.05, 0) is 43.7 Å². The number of amides is 1. The molecule has 2 unspecified atom stereocenters. The topological polar surface area (TPSA) is 70.9 Å². The van der Waals surface area contributed by atoms with Gasteiger partial charge in [0.05, 0.1) is 0 Å². The second-order valence-electron chi connectivity index (χ2n) is 6.38. The molecule has 2 atom stereocenters. The zero-order chi connectivity index (χ0) is 15.4. The number of carbonyl (C=O) groups excluding carboxylic acids is 1. The van der Waals surface area contributed by atoms with Crippen molar-refractivity contribution in [2.75, 3.05) is 6.54 Å². The summed E-state index contributed by atoms with van der Waals surface area (Å²) in [5.41, 5.74) is 8.45. The number of hydrogen-bond acceptors (Lipinski definition) is 2. The first-order chi connectivity index (χ1) is 10.7. The second-order valence-corrected chi connectivity index (χ2v) is 6.38. The van der Waals surface area contributed by atoms with Crippen molar-refractivity contribution < 1.29 is 4.79 Å². The zero-order valence-electron chi connectivity index (χ0n) is 13.0. The molecule has 1 fully saturated rings. The summed E-state index contributed by atoms with van der Waals surface area (Å²) in [5, 5.41) is 4.36. The fourth-order valence-corrected chi connectivity index (χ4v) is 3.44. The van der Waals surface area contributed by atoms with Gasteiger partial charge in [-0.25, -0.2) is 0 Å². The average molecular weight is 299 g/mol. The fraction of sp³-hybridized carbons (Fsp3) is 0.500. The molecule has 1 aromatic heterocycles. The molecule has 4 N–H and O–H groups in total. The summed E-state index contributed by atoms with van der Waals surface area (Å²) in [6, 6.07) is 8.54. The molecule has 0 aliphatic heterocycles. The monoisotopic (exact) mass is 299 g/mol. The highest BCUT2D eigenvalue weighted by atomic mass is 16.1. The van der Waals surface area contributed by atoms with Crippen LogP contribution >= 0.6 is 0 Å². The van der Waals surface area contributed by atoms with Crippen LogP contribution in [0, 0.1) is 5.92 Å². The minimum atomic E-state index is 0.122. The van der Waals surface area contributed by atoms with Gasteiger partial charge in [-0.15, -0.1) is 0 Å². The maximum Gasteiger partial charge on any atom is 0.223 e. The Hall–Kier alpha value is -1.81. The first-order valence-corrected chi connectivity index (χ1v) is 8.32. The highest BCUT2D eigenvalue weighted by Crippen LogP contribution is 2.23. The summed E-state index contributed by atoms with van der Waals surface area (Å²) < 4.78 is 0. The van der Waals surface area contributed by atoms with Crippen LogP contribution in [-0.4, -0.2) is 23.5 Å². The van der Waals surface area contributed by atoms with E-state index in [0.29, 0.717) is 0 Å². The lowest BCUT2D eigenvalue weighted by Crippen LogP contribution is -2.38. The molecule has 1 aliphatic carbocycles. The van der Waals surface area contributed by atoms with Gasteiger partial charge in [0.1, 0.15) is 0 Å². The van der Waals surface area contributed by atoms with Crippen molar-refractivity contribution in [2.24, 2.45) is 11.7 Å². The number of hydrogen-bond donors (Lipinski definition) is 3. The molecule has 0 saturated heterocycles. The van der Waals surface area contributed by atoms with E-state index in [1.54, 1.807) is 0 Å². The summed E-state index contributed by atoms with van der Waals surface area (Å²) in [6.07, 6.45) is 7.99. The van der Waals surface area contributed by atoms with E-state index in [9.17, 15) is 4.79 Å². The Bertz CT molecular complexity index is 634. The van der Waals surface area contributed by atoms with E-state index in [2.05, 4.69) is 34.7 Å². The van der Waals surface area contributed by atoms with Gasteiger partial charge in [-0.2, -0.15) is 0 Å². The fourth-order valence-electron chi connectivity index (χ4n) is 3.44. The van der Waals surface area contributed by atoms with E-state index in [1.165, 1.54) is 16.5 Å². The Morgan fingerprint density at radius 3 is 3.05 bits per heavy atom. The minimum Gasteiger partial charge on any atom is -0.361 e. The number of carbonyl (C=O) groups is 1. The maximum atomic E-state index is 12.1. The van der Waals surface area contributed by atoms with Gasteiger partial charge >= 0.3 is 0 Å². The van der Waals surface area contributed by atoms with Gasteiger partial charge in [0.2, 0.25) is 5.91 Å². The molecule has 22 heavy (non-hydrogen) atoms. The quantitative estimate of drug-likeness (QED) is 0.743. The maximum absolute atomic E-state index is 12.1. The van der Waals surface area contributed by atoms with Crippen molar-refractivity contribution in [1.29, 1.82) is 0 Å². The first-order valence-electron chi connectivity index (χ1n) is 8.32. The van der Waals surface area contributed by atoms with Crippen molar-refractivity contribution >= 4 is 16.8 Å². The zero-order valence-corrected chi connectivity index (χ0v) is 13.0. The van der Waals surface area contributed by atoms with Crippen LogP contribution in [0.15, 0.2) is 30.5 Å². The third-order valence-electron chi connectivity index (χ3n) is 4.68. The molecule has 1 amide bonds. The third-order valence-corrected chi connectivity index (χ3v) is 4.68. The average Bonchev–Trinajstić information content (AvgIpc) is 2.95. The van der Waals surface area contributed by atoms with Gasteiger partial charge in [-0.1, -0.05) is 24.6 Å². The van der Waals surface area contributed by atoms with Crippen molar-refractivity contribution in [3.05, 3.63) is 36.0 Å². The highest BCUT2D eigenvalue weighted by molar-refractivity contribution is 5.83. The SMILES string of the molecule is NC1CCCC(C(=O)NCCCc2c[nH]c3ccccc23)C1. The van der Waals surface area contributed by atoms with Crippen molar-refractivity contribution in [1.82, 2.24) is 10.3 Å². The van der Waals surface area contributed by atoms with Gasteiger partial charge in [0.15, 0.2) is 0 Å². The van der Waals surface area contributed by atoms with Crippen LogP contribution in [0.3, 0.4) is 0 Å². The Morgan fingerprint density at radius 2 is 2.18 bits per heavy atom. The van der Waals surface area contributed by atoms with Crippen LogP contribution in [0.4, 0.5) is 0 Å². The summed E-state index contributed by atoms with van der Waals surface area (Å²) in [4.78, 5) is 15.4. The normalized spacial score (nSPS) is 21.9. The predicted octanol–water partition coefficient (Wildman–Crippen LogP) is 2.73. The van der Waals surface area contributed by atoms with E-state index >= 15 is 0 Å². The molecule has 1 saturated carbocycles. The molecule has 1 aliphatic rings. The van der Waals surface area contributed by atoms with Gasteiger partial charge in [0, 0.05) is 35.6 Å². The number of nitrogens with two attached hydrogens (primary N) is 1. The van der Waals surface area contributed by atoms with E-state index in [1.807, 2.05) is 6.07 Å². The van der Waals surface area contributed by atoms with Crippen molar-refractivity contribution in [3.8, 4) is 0 Å². The Labute approximate surface area is 131 Å². The Balaban J connectivity index is 1.44. The molecule has 1 heterocycles. The molecule has 0 spiro atoms. The lowest BCUT2D eigenvalue weighted by molar-refractivity contribution is -0.126. The Kier molecular flexibility index (Phi) is 4.78. The highest BCUT2D eigenvalue weighted by Gasteiger charge is 2.24. The van der Waals surface area contributed by atoms with Crippen LogP contribution in [0.2, 0.25) is 0 Å². The number of H-pyrrole nitrogens is 1. The van der Waals surface area contributed by atoms with E-state index in [0.717, 1.165) is 45.1 Å². The summed E-state index contributed by atoms with van der Waals surface area (Å²) in [7, 11) is 0. The molecular weight excluding hydrogens is 274 g/mol. The molecule has 1 aromatic carbocycles. The minimum absolute atomic E-state index is 0.122. The molecule has 4 heteroatoms. The summed E-state index contributed by atoms with van der Waals surface area (Å²) >= 11 is 0. The Morgan fingerprint density at radius 1 is 1.32 bits per heavy atom. The molecule has 2 aromatic rings. The van der Waals surface area contributed by atoms with Gasteiger partial charge in [-0.3, -0.25) is 4.79 Å². The molecular formula is C18H25N3O. The number of nitrogens with one attached hydrogen (secondary N) is 2.